The van der Waals surface area contributed by atoms with Gasteiger partial charge in [-0.2, -0.15) is 0 Å². The molecular weight excluding hydrogens is 324 g/mol. The minimum atomic E-state index is -0.559. The van der Waals surface area contributed by atoms with Gasteiger partial charge in [0.25, 0.3) is 0 Å². The van der Waals surface area contributed by atoms with Crippen molar-refractivity contribution in [1.29, 1.82) is 0 Å². The third kappa shape index (κ3) is 3.32. The molecule has 2 atom stereocenters. The first-order chi connectivity index (χ1) is 11.5. The smallest absolute Gasteiger partial charge is 0.233 e. The van der Waals surface area contributed by atoms with Crippen molar-refractivity contribution >= 4 is 17.5 Å². The maximum atomic E-state index is 13.6. The molecule has 3 rings (SSSR count). The molecule has 0 saturated carbocycles. The number of ether oxygens (including phenoxy) is 1. The molecule has 2 unspecified atom stereocenters. The van der Waals surface area contributed by atoms with Gasteiger partial charge in [0.15, 0.2) is 0 Å². The maximum absolute atomic E-state index is 13.6. The SMILES string of the molecule is CC(N)C1CCCN(C(=O)C2(c3ccccc3Cl)CCOCC2)C1. The second-order valence-electron chi connectivity index (χ2n) is 7.19. The van der Waals surface area contributed by atoms with E-state index in [4.69, 9.17) is 22.1 Å². The largest absolute Gasteiger partial charge is 0.381 e. The summed E-state index contributed by atoms with van der Waals surface area (Å²) in [7, 11) is 0. The summed E-state index contributed by atoms with van der Waals surface area (Å²) in [6, 6.07) is 7.87. The fraction of sp³-hybridized carbons (Fsp3) is 0.632. The number of carbonyl (C=O) groups is 1. The Kier molecular flexibility index (Phi) is 5.48. The Labute approximate surface area is 149 Å². The number of hydrogen-bond donors (Lipinski definition) is 1. The van der Waals surface area contributed by atoms with Crippen molar-refractivity contribution in [3.8, 4) is 0 Å². The number of amides is 1. The first-order valence-electron chi connectivity index (χ1n) is 8.92. The second kappa shape index (κ2) is 7.42. The second-order valence-corrected chi connectivity index (χ2v) is 7.59. The van der Waals surface area contributed by atoms with E-state index in [1.807, 2.05) is 36.1 Å². The summed E-state index contributed by atoms with van der Waals surface area (Å²) in [5.74, 6) is 0.579. The highest BCUT2D eigenvalue weighted by molar-refractivity contribution is 6.31. The third-order valence-corrected chi connectivity index (χ3v) is 5.96. The number of likely N-dealkylation sites (tertiary alicyclic amines) is 1. The van der Waals surface area contributed by atoms with Crippen molar-refractivity contribution in [1.82, 2.24) is 4.90 Å². The van der Waals surface area contributed by atoms with Gasteiger partial charge in [-0.05, 0) is 50.2 Å². The standard InChI is InChI=1S/C19H27ClN2O2/c1-14(21)15-5-4-10-22(13-15)18(23)19(8-11-24-12-9-19)16-6-2-3-7-17(16)20/h2-3,6-7,14-15H,4-5,8-13,21H2,1H3. The zero-order chi connectivity index (χ0) is 17.2. The molecule has 2 aliphatic rings. The maximum Gasteiger partial charge on any atom is 0.233 e. The van der Waals surface area contributed by atoms with Crippen molar-refractivity contribution in [3.63, 3.8) is 0 Å². The molecule has 132 valence electrons. The van der Waals surface area contributed by atoms with Gasteiger partial charge in [-0.3, -0.25) is 4.79 Å². The first kappa shape index (κ1) is 17.7. The van der Waals surface area contributed by atoms with E-state index in [0.717, 1.165) is 31.5 Å². The van der Waals surface area contributed by atoms with Crippen molar-refractivity contribution in [2.45, 2.75) is 44.1 Å². The molecule has 2 fully saturated rings. The molecule has 4 nitrogen and oxygen atoms in total. The van der Waals surface area contributed by atoms with Gasteiger partial charge in [0.05, 0.1) is 5.41 Å². The van der Waals surface area contributed by atoms with Crippen molar-refractivity contribution < 1.29 is 9.53 Å². The van der Waals surface area contributed by atoms with Crippen LogP contribution in [0.2, 0.25) is 5.02 Å². The fourth-order valence-corrected chi connectivity index (χ4v) is 4.41. The quantitative estimate of drug-likeness (QED) is 0.911. The minimum Gasteiger partial charge on any atom is -0.381 e. The predicted octanol–water partition coefficient (Wildman–Crippen LogP) is 2.97. The van der Waals surface area contributed by atoms with E-state index in [2.05, 4.69) is 0 Å². The highest BCUT2D eigenvalue weighted by Gasteiger charge is 2.46. The van der Waals surface area contributed by atoms with Crippen LogP contribution in [0.1, 0.15) is 38.2 Å². The molecule has 2 saturated heterocycles. The number of halogens is 1. The molecule has 1 aromatic carbocycles. The Balaban J connectivity index is 1.91. The molecule has 2 aliphatic heterocycles. The number of nitrogens with zero attached hydrogens (tertiary/aromatic N) is 1. The average Bonchev–Trinajstić information content (AvgIpc) is 2.62. The van der Waals surface area contributed by atoms with Gasteiger partial charge in [0.1, 0.15) is 0 Å². The lowest BCUT2D eigenvalue weighted by Crippen LogP contribution is -2.54. The van der Waals surface area contributed by atoms with Crippen LogP contribution in [-0.2, 0) is 14.9 Å². The molecule has 0 radical (unpaired) electrons. The van der Waals surface area contributed by atoms with Gasteiger partial charge in [0.2, 0.25) is 5.91 Å². The van der Waals surface area contributed by atoms with Crippen LogP contribution in [0.15, 0.2) is 24.3 Å². The number of rotatable bonds is 3. The van der Waals surface area contributed by atoms with E-state index in [0.29, 0.717) is 37.0 Å². The van der Waals surface area contributed by atoms with Crippen LogP contribution in [0.3, 0.4) is 0 Å². The molecule has 0 aromatic heterocycles. The molecule has 0 bridgehead atoms. The van der Waals surface area contributed by atoms with Gasteiger partial charge in [-0.25, -0.2) is 0 Å². The fourth-order valence-electron chi connectivity index (χ4n) is 4.09. The Hall–Kier alpha value is -1.10. The number of hydrogen-bond acceptors (Lipinski definition) is 3. The molecule has 1 aromatic rings. The number of nitrogens with two attached hydrogens (primary N) is 1. The monoisotopic (exact) mass is 350 g/mol. The summed E-state index contributed by atoms with van der Waals surface area (Å²) >= 11 is 6.48. The normalized spacial score (nSPS) is 25.3. The van der Waals surface area contributed by atoms with Crippen LogP contribution < -0.4 is 5.73 Å². The van der Waals surface area contributed by atoms with E-state index >= 15 is 0 Å². The molecule has 0 aliphatic carbocycles. The van der Waals surface area contributed by atoms with Gasteiger partial charge < -0.3 is 15.4 Å². The molecule has 0 spiro atoms. The van der Waals surface area contributed by atoms with Crippen LogP contribution in [0.4, 0.5) is 0 Å². The third-order valence-electron chi connectivity index (χ3n) is 5.63. The Morgan fingerprint density at radius 2 is 2.08 bits per heavy atom. The zero-order valence-electron chi connectivity index (χ0n) is 14.3. The van der Waals surface area contributed by atoms with E-state index < -0.39 is 5.41 Å². The number of carbonyl (C=O) groups excluding carboxylic acids is 1. The van der Waals surface area contributed by atoms with Crippen LogP contribution in [-0.4, -0.2) is 43.2 Å². The summed E-state index contributed by atoms with van der Waals surface area (Å²) < 4.78 is 5.55. The van der Waals surface area contributed by atoms with Crippen LogP contribution in [0.5, 0.6) is 0 Å². The van der Waals surface area contributed by atoms with Crippen molar-refractivity contribution in [3.05, 3.63) is 34.9 Å². The first-order valence-corrected chi connectivity index (χ1v) is 9.30. The molecule has 5 heteroatoms. The lowest BCUT2D eigenvalue weighted by molar-refractivity contribution is -0.143. The Morgan fingerprint density at radius 3 is 2.75 bits per heavy atom. The van der Waals surface area contributed by atoms with Gasteiger partial charge in [-0.1, -0.05) is 29.8 Å². The molecule has 2 heterocycles. The topological polar surface area (TPSA) is 55.6 Å². The van der Waals surface area contributed by atoms with Gasteiger partial charge >= 0.3 is 0 Å². The highest BCUT2D eigenvalue weighted by atomic mass is 35.5. The van der Waals surface area contributed by atoms with E-state index in [9.17, 15) is 4.79 Å². The minimum absolute atomic E-state index is 0.117. The Bertz CT molecular complexity index is 584. The van der Waals surface area contributed by atoms with Gasteiger partial charge in [0, 0.05) is 37.4 Å². The van der Waals surface area contributed by atoms with Crippen LogP contribution in [0.25, 0.3) is 0 Å². The molecular formula is C19H27ClN2O2. The molecule has 2 N–H and O–H groups in total. The van der Waals surface area contributed by atoms with E-state index in [1.165, 1.54) is 0 Å². The van der Waals surface area contributed by atoms with Crippen LogP contribution >= 0.6 is 11.6 Å². The lowest BCUT2D eigenvalue weighted by Gasteiger charge is -2.43. The zero-order valence-corrected chi connectivity index (χ0v) is 15.1. The van der Waals surface area contributed by atoms with E-state index in [1.54, 1.807) is 0 Å². The average molecular weight is 351 g/mol. The summed E-state index contributed by atoms with van der Waals surface area (Å²) in [5, 5.41) is 0.675. The highest BCUT2D eigenvalue weighted by Crippen LogP contribution is 2.41. The van der Waals surface area contributed by atoms with Crippen molar-refractivity contribution in [2.24, 2.45) is 11.7 Å². The lowest BCUT2D eigenvalue weighted by atomic mass is 9.72. The van der Waals surface area contributed by atoms with E-state index in [-0.39, 0.29) is 11.9 Å². The van der Waals surface area contributed by atoms with Crippen LogP contribution in [0, 0.1) is 5.92 Å². The van der Waals surface area contributed by atoms with Gasteiger partial charge in [-0.15, -0.1) is 0 Å². The summed E-state index contributed by atoms with van der Waals surface area (Å²) in [6.45, 7) is 4.80. The number of benzene rings is 1. The number of piperidine rings is 1. The summed E-state index contributed by atoms with van der Waals surface area (Å²) in [6.07, 6.45) is 3.50. The summed E-state index contributed by atoms with van der Waals surface area (Å²) in [5.41, 5.74) is 6.48. The predicted molar refractivity (Wildman–Crippen MR) is 96.1 cm³/mol. The summed E-state index contributed by atoms with van der Waals surface area (Å²) in [4.78, 5) is 15.6. The van der Waals surface area contributed by atoms with Crippen molar-refractivity contribution in [2.75, 3.05) is 26.3 Å². The molecule has 24 heavy (non-hydrogen) atoms. The Morgan fingerprint density at radius 1 is 1.38 bits per heavy atom. The molecule has 1 amide bonds.